The topological polar surface area (TPSA) is 67.0 Å². The number of H-pyrrole nitrogens is 1. The Hall–Kier alpha value is -3.59. The van der Waals surface area contributed by atoms with Crippen LogP contribution in [0.2, 0.25) is 0 Å². The van der Waals surface area contributed by atoms with Gasteiger partial charge in [0, 0.05) is 11.1 Å². The van der Waals surface area contributed by atoms with Gasteiger partial charge in [-0.15, -0.1) is 0 Å². The van der Waals surface area contributed by atoms with Gasteiger partial charge in [-0.25, -0.2) is 4.39 Å². The molecule has 26 heavy (non-hydrogen) atoms. The van der Waals surface area contributed by atoms with Crippen LogP contribution in [0.4, 0.5) is 4.39 Å². The summed E-state index contributed by atoms with van der Waals surface area (Å²) in [5, 5.41) is 9.56. The van der Waals surface area contributed by atoms with Crippen molar-refractivity contribution in [3.63, 3.8) is 0 Å². The summed E-state index contributed by atoms with van der Waals surface area (Å²) in [4.78, 5) is 12.2. The SMILES string of the molecule is COc1ccccc1-c1cc(C(=O)NCC#Cc2ccc(F)cc2)[nH]n1. The first-order valence-electron chi connectivity index (χ1n) is 7.89. The molecule has 0 aliphatic carbocycles. The van der Waals surface area contributed by atoms with Gasteiger partial charge in [0.2, 0.25) is 0 Å². The number of aromatic amines is 1. The Morgan fingerprint density at radius 3 is 2.77 bits per heavy atom. The van der Waals surface area contributed by atoms with Gasteiger partial charge in [-0.3, -0.25) is 9.89 Å². The molecule has 130 valence electrons. The van der Waals surface area contributed by atoms with E-state index < -0.39 is 0 Å². The summed E-state index contributed by atoms with van der Waals surface area (Å²) in [5.41, 5.74) is 2.42. The van der Waals surface area contributed by atoms with Gasteiger partial charge in [-0.2, -0.15) is 5.10 Å². The minimum Gasteiger partial charge on any atom is -0.496 e. The molecule has 0 aliphatic rings. The maximum atomic E-state index is 12.8. The highest BCUT2D eigenvalue weighted by Crippen LogP contribution is 2.28. The van der Waals surface area contributed by atoms with Crippen LogP contribution in [-0.2, 0) is 0 Å². The van der Waals surface area contributed by atoms with Crippen LogP contribution in [-0.4, -0.2) is 29.8 Å². The zero-order valence-corrected chi connectivity index (χ0v) is 14.0. The molecule has 0 bridgehead atoms. The summed E-state index contributed by atoms with van der Waals surface area (Å²) in [7, 11) is 1.58. The van der Waals surface area contributed by atoms with Crippen LogP contribution in [0.5, 0.6) is 5.75 Å². The molecule has 1 heterocycles. The van der Waals surface area contributed by atoms with Crippen molar-refractivity contribution in [3.05, 3.63) is 71.7 Å². The third-order valence-corrected chi connectivity index (χ3v) is 3.62. The fraction of sp³-hybridized carbons (Fsp3) is 0.100. The molecule has 0 aliphatic heterocycles. The second-order valence-corrected chi connectivity index (χ2v) is 5.36. The van der Waals surface area contributed by atoms with Crippen molar-refractivity contribution in [2.24, 2.45) is 0 Å². The number of halogens is 1. The molecule has 2 aromatic carbocycles. The highest BCUT2D eigenvalue weighted by atomic mass is 19.1. The average Bonchev–Trinajstić information content (AvgIpc) is 3.16. The molecule has 1 aromatic heterocycles. The lowest BCUT2D eigenvalue weighted by Gasteiger charge is -2.04. The molecule has 3 aromatic rings. The standard InChI is InChI=1S/C20H16FN3O2/c1-26-19-7-3-2-6-16(19)17-13-18(24-23-17)20(25)22-12-4-5-14-8-10-15(21)11-9-14/h2-3,6-11,13H,12H2,1H3,(H,22,25)(H,23,24). The molecule has 0 saturated carbocycles. The van der Waals surface area contributed by atoms with Crippen molar-refractivity contribution in [2.75, 3.05) is 13.7 Å². The van der Waals surface area contributed by atoms with Crippen LogP contribution in [0.3, 0.4) is 0 Å². The Bertz CT molecular complexity index is 968. The lowest BCUT2D eigenvalue weighted by Crippen LogP contribution is -2.23. The zero-order valence-electron chi connectivity index (χ0n) is 14.0. The lowest BCUT2D eigenvalue weighted by molar-refractivity contribution is 0.0953. The monoisotopic (exact) mass is 349 g/mol. The van der Waals surface area contributed by atoms with Crippen molar-refractivity contribution in [3.8, 4) is 28.8 Å². The number of ether oxygens (including phenoxy) is 1. The summed E-state index contributed by atoms with van der Waals surface area (Å²) in [6, 6.07) is 14.9. The number of rotatable bonds is 4. The van der Waals surface area contributed by atoms with E-state index in [0.717, 1.165) is 5.56 Å². The van der Waals surface area contributed by atoms with Crippen LogP contribution in [0.15, 0.2) is 54.6 Å². The van der Waals surface area contributed by atoms with Crippen molar-refractivity contribution >= 4 is 5.91 Å². The Morgan fingerprint density at radius 2 is 2.00 bits per heavy atom. The van der Waals surface area contributed by atoms with E-state index in [2.05, 4.69) is 27.4 Å². The fourth-order valence-corrected chi connectivity index (χ4v) is 2.33. The molecule has 2 N–H and O–H groups in total. The summed E-state index contributed by atoms with van der Waals surface area (Å²) in [6.45, 7) is 0.166. The van der Waals surface area contributed by atoms with Crippen molar-refractivity contribution in [1.82, 2.24) is 15.5 Å². The van der Waals surface area contributed by atoms with Gasteiger partial charge < -0.3 is 10.1 Å². The first-order chi connectivity index (χ1) is 12.7. The third-order valence-electron chi connectivity index (χ3n) is 3.62. The van der Waals surface area contributed by atoms with Crippen LogP contribution in [0.25, 0.3) is 11.3 Å². The summed E-state index contributed by atoms with van der Waals surface area (Å²) in [6.07, 6.45) is 0. The fourth-order valence-electron chi connectivity index (χ4n) is 2.33. The molecule has 0 atom stereocenters. The van der Waals surface area contributed by atoms with E-state index in [1.807, 2.05) is 24.3 Å². The molecular formula is C20H16FN3O2. The first-order valence-corrected chi connectivity index (χ1v) is 7.89. The Morgan fingerprint density at radius 1 is 1.23 bits per heavy atom. The number of amides is 1. The second kappa shape index (κ2) is 7.99. The number of hydrogen-bond donors (Lipinski definition) is 2. The van der Waals surface area contributed by atoms with Gasteiger partial charge in [0.05, 0.1) is 19.3 Å². The van der Waals surface area contributed by atoms with Gasteiger partial charge >= 0.3 is 0 Å². The predicted molar refractivity (Wildman–Crippen MR) is 96.2 cm³/mol. The number of nitrogens with one attached hydrogen (secondary N) is 2. The van der Waals surface area contributed by atoms with E-state index in [1.54, 1.807) is 25.3 Å². The molecule has 0 fully saturated rings. The number of carbonyl (C=O) groups is 1. The summed E-state index contributed by atoms with van der Waals surface area (Å²) >= 11 is 0. The van der Waals surface area contributed by atoms with Gasteiger partial charge in [0.1, 0.15) is 17.3 Å². The first kappa shape index (κ1) is 17.2. The summed E-state index contributed by atoms with van der Waals surface area (Å²) < 4.78 is 18.1. The largest absolute Gasteiger partial charge is 0.496 e. The van der Waals surface area contributed by atoms with Crippen LogP contribution < -0.4 is 10.1 Å². The van der Waals surface area contributed by atoms with E-state index in [-0.39, 0.29) is 18.3 Å². The number of hydrogen-bond acceptors (Lipinski definition) is 3. The van der Waals surface area contributed by atoms with Crippen molar-refractivity contribution in [2.45, 2.75) is 0 Å². The molecule has 3 rings (SSSR count). The number of benzene rings is 2. The van der Waals surface area contributed by atoms with Crippen LogP contribution >= 0.6 is 0 Å². The maximum absolute atomic E-state index is 12.8. The quantitative estimate of drug-likeness (QED) is 0.712. The molecule has 5 nitrogen and oxygen atoms in total. The third kappa shape index (κ3) is 4.08. The summed E-state index contributed by atoms with van der Waals surface area (Å²) in [5.74, 6) is 5.72. The highest BCUT2D eigenvalue weighted by Gasteiger charge is 2.12. The van der Waals surface area contributed by atoms with E-state index in [1.165, 1.54) is 12.1 Å². The highest BCUT2D eigenvalue weighted by molar-refractivity contribution is 5.93. The molecule has 0 unspecified atom stereocenters. The maximum Gasteiger partial charge on any atom is 0.270 e. The minimum absolute atomic E-state index is 0.166. The Labute approximate surface area is 150 Å². The predicted octanol–water partition coefficient (Wildman–Crippen LogP) is 3.01. The molecule has 1 amide bonds. The van der Waals surface area contributed by atoms with E-state index in [0.29, 0.717) is 22.7 Å². The minimum atomic E-state index is -0.313. The molecule has 6 heteroatoms. The zero-order chi connectivity index (χ0) is 18.4. The van der Waals surface area contributed by atoms with Crippen LogP contribution in [0, 0.1) is 17.7 Å². The number of para-hydroxylation sites is 1. The second-order valence-electron chi connectivity index (χ2n) is 5.36. The molecule has 0 saturated heterocycles. The number of methoxy groups -OCH3 is 1. The molecular weight excluding hydrogens is 333 g/mol. The van der Waals surface area contributed by atoms with Crippen molar-refractivity contribution < 1.29 is 13.9 Å². The average molecular weight is 349 g/mol. The Kier molecular flexibility index (Phi) is 5.30. The van der Waals surface area contributed by atoms with Gasteiger partial charge in [-0.1, -0.05) is 24.0 Å². The van der Waals surface area contributed by atoms with E-state index in [9.17, 15) is 9.18 Å². The van der Waals surface area contributed by atoms with Crippen molar-refractivity contribution in [1.29, 1.82) is 0 Å². The smallest absolute Gasteiger partial charge is 0.270 e. The van der Waals surface area contributed by atoms with Gasteiger partial charge in [0.15, 0.2) is 0 Å². The normalized spacial score (nSPS) is 9.92. The molecule has 0 radical (unpaired) electrons. The van der Waals surface area contributed by atoms with E-state index in [4.69, 9.17) is 4.74 Å². The lowest BCUT2D eigenvalue weighted by atomic mass is 10.1. The number of aromatic nitrogens is 2. The van der Waals surface area contributed by atoms with Gasteiger partial charge in [0.25, 0.3) is 5.91 Å². The van der Waals surface area contributed by atoms with Crippen LogP contribution in [0.1, 0.15) is 16.1 Å². The van der Waals surface area contributed by atoms with E-state index >= 15 is 0 Å². The van der Waals surface area contributed by atoms with Gasteiger partial charge in [-0.05, 0) is 42.5 Å². The Balaban J connectivity index is 1.63. The number of carbonyl (C=O) groups excluding carboxylic acids is 1. The molecule has 0 spiro atoms. The number of nitrogens with zero attached hydrogens (tertiary/aromatic N) is 1.